The first-order valence-corrected chi connectivity index (χ1v) is 11.0. The first kappa shape index (κ1) is 22.4. The van der Waals surface area contributed by atoms with Gasteiger partial charge in [-0.25, -0.2) is 0 Å². The van der Waals surface area contributed by atoms with E-state index in [1.165, 1.54) is 19.8 Å². The zero-order chi connectivity index (χ0) is 23.4. The Kier molecular flexibility index (Phi) is 6.63. The number of methoxy groups -OCH3 is 2. The van der Waals surface area contributed by atoms with E-state index in [9.17, 15) is 9.59 Å². The normalized spacial score (nSPS) is 15.7. The molecule has 0 unspecified atom stereocenters. The van der Waals surface area contributed by atoms with Crippen molar-refractivity contribution in [1.82, 2.24) is 10.2 Å². The Morgan fingerprint density at radius 2 is 1.82 bits per heavy atom. The Bertz CT molecular complexity index is 1170. The van der Waals surface area contributed by atoms with Gasteiger partial charge in [-0.3, -0.25) is 9.59 Å². The number of ether oxygens (including phenoxy) is 2. The Morgan fingerprint density at radius 3 is 2.58 bits per heavy atom. The number of benzene rings is 3. The molecule has 0 aromatic heterocycles. The fraction of sp³-hybridized carbons (Fsp3) is 0.259. The number of nitrogens with one attached hydrogen (secondary N) is 1. The van der Waals surface area contributed by atoms with Gasteiger partial charge in [0.2, 0.25) is 5.91 Å². The molecule has 1 saturated heterocycles. The molecule has 3 aromatic rings. The van der Waals surface area contributed by atoms with Gasteiger partial charge in [0, 0.05) is 19.5 Å². The predicted octanol–water partition coefficient (Wildman–Crippen LogP) is 3.86. The second-order valence-electron chi connectivity index (χ2n) is 8.07. The quantitative estimate of drug-likeness (QED) is 0.627. The summed E-state index contributed by atoms with van der Waals surface area (Å²) >= 11 is 0. The molecule has 0 saturated carbocycles. The second kappa shape index (κ2) is 9.77. The minimum absolute atomic E-state index is 0.155. The van der Waals surface area contributed by atoms with E-state index in [1.807, 2.05) is 24.3 Å². The van der Waals surface area contributed by atoms with Crippen molar-refractivity contribution in [3.05, 3.63) is 83.4 Å². The van der Waals surface area contributed by atoms with E-state index in [0.717, 1.165) is 16.7 Å². The van der Waals surface area contributed by atoms with Gasteiger partial charge in [-0.05, 0) is 41.3 Å². The third-order valence-corrected chi connectivity index (χ3v) is 6.04. The summed E-state index contributed by atoms with van der Waals surface area (Å²) in [5, 5.41) is 2.91. The number of hydrogen-bond donors (Lipinski definition) is 1. The lowest BCUT2D eigenvalue weighted by atomic mass is 9.95. The molecule has 2 amide bonds. The number of hydrogen-bond acceptors (Lipinski definition) is 4. The smallest absolute Gasteiger partial charge is 0.258 e. The van der Waals surface area contributed by atoms with Crippen LogP contribution < -0.4 is 14.8 Å². The van der Waals surface area contributed by atoms with Crippen LogP contribution in [0.4, 0.5) is 0 Å². The number of carbonyl (C=O) groups is 2. The van der Waals surface area contributed by atoms with Crippen molar-refractivity contribution in [2.45, 2.75) is 19.4 Å². The SMILES string of the molecule is COc1cccc(C(=O)N2CCNC(=O)[C@@H]2Cc2cccc(-c3ccccc3C)c2)c1OC. The standard InChI is InChI=1S/C27H28N2O4/c1-18-8-4-5-11-21(18)20-10-6-9-19(16-20)17-23-26(30)28-14-15-29(23)27(31)22-12-7-13-24(32-2)25(22)33-3/h4-13,16,23H,14-15,17H2,1-3H3,(H,28,30)/t23-/m0/s1. The molecule has 0 bridgehead atoms. The number of carbonyl (C=O) groups excluding carboxylic acids is 2. The molecule has 0 radical (unpaired) electrons. The van der Waals surface area contributed by atoms with Crippen LogP contribution in [0.3, 0.4) is 0 Å². The van der Waals surface area contributed by atoms with Crippen molar-refractivity contribution in [1.29, 1.82) is 0 Å². The molecule has 6 nitrogen and oxygen atoms in total. The van der Waals surface area contributed by atoms with E-state index in [-0.39, 0.29) is 11.8 Å². The highest BCUT2D eigenvalue weighted by molar-refractivity contribution is 6.01. The summed E-state index contributed by atoms with van der Waals surface area (Å²) in [6.45, 7) is 2.92. The van der Waals surface area contributed by atoms with Gasteiger partial charge in [-0.15, -0.1) is 0 Å². The monoisotopic (exact) mass is 444 g/mol. The van der Waals surface area contributed by atoms with Crippen LogP contribution in [0, 0.1) is 6.92 Å². The number of para-hydroxylation sites is 1. The summed E-state index contributed by atoms with van der Waals surface area (Å²) in [7, 11) is 3.04. The highest BCUT2D eigenvalue weighted by Gasteiger charge is 2.35. The fourth-order valence-corrected chi connectivity index (χ4v) is 4.36. The highest BCUT2D eigenvalue weighted by Crippen LogP contribution is 2.32. The van der Waals surface area contributed by atoms with Gasteiger partial charge in [-0.2, -0.15) is 0 Å². The molecular formula is C27H28N2O4. The Hall–Kier alpha value is -3.80. The number of nitrogens with zero attached hydrogens (tertiary/aromatic N) is 1. The summed E-state index contributed by atoms with van der Waals surface area (Å²) in [5.74, 6) is 0.446. The van der Waals surface area contributed by atoms with Crippen LogP contribution in [0.2, 0.25) is 0 Å². The first-order chi connectivity index (χ1) is 16.0. The lowest BCUT2D eigenvalue weighted by Gasteiger charge is -2.35. The van der Waals surface area contributed by atoms with Crippen molar-refractivity contribution >= 4 is 11.8 Å². The highest BCUT2D eigenvalue weighted by atomic mass is 16.5. The van der Waals surface area contributed by atoms with Crippen molar-refractivity contribution in [3.63, 3.8) is 0 Å². The van der Waals surface area contributed by atoms with Crippen molar-refractivity contribution in [2.24, 2.45) is 0 Å². The van der Waals surface area contributed by atoms with E-state index >= 15 is 0 Å². The molecule has 1 aliphatic heterocycles. The third-order valence-electron chi connectivity index (χ3n) is 6.04. The molecule has 0 spiro atoms. The topological polar surface area (TPSA) is 67.9 Å². The summed E-state index contributed by atoms with van der Waals surface area (Å²) in [5.41, 5.74) is 4.81. The molecule has 170 valence electrons. The molecule has 6 heteroatoms. The molecule has 1 fully saturated rings. The van der Waals surface area contributed by atoms with Gasteiger partial charge in [0.25, 0.3) is 5.91 Å². The predicted molar refractivity (Wildman–Crippen MR) is 128 cm³/mol. The molecule has 1 atom stereocenters. The van der Waals surface area contributed by atoms with E-state index < -0.39 is 6.04 Å². The average Bonchev–Trinajstić information content (AvgIpc) is 2.84. The molecule has 1 heterocycles. The maximum absolute atomic E-state index is 13.5. The second-order valence-corrected chi connectivity index (χ2v) is 8.07. The lowest BCUT2D eigenvalue weighted by molar-refractivity contribution is -0.127. The molecule has 33 heavy (non-hydrogen) atoms. The summed E-state index contributed by atoms with van der Waals surface area (Å²) in [6, 6.07) is 20.9. The number of rotatable bonds is 6. The van der Waals surface area contributed by atoms with Crippen molar-refractivity contribution in [2.75, 3.05) is 27.3 Å². The molecular weight excluding hydrogens is 416 g/mol. The summed E-state index contributed by atoms with van der Waals surface area (Å²) < 4.78 is 10.8. The van der Waals surface area contributed by atoms with Crippen LogP contribution >= 0.6 is 0 Å². The number of aryl methyl sites for hydroxylation is 1. The van der Waals surface area contributed by atoms with Gasteiger partial charge in [0.1, 0.15) is 6.04 Å². The average molecular weight is 445 g/mol. The number of piperazine rings is 1. The van der Waals surface area contributed by atoms with Crippen LogP contribution in [0.5, 0.6) is 11.5 Å². The van der Waals surface area contributed by atoms with E-state index in [2.05, 4.69) is 36.5 Å². The van der Waals surface area contributed by atoms with E-state index in [4.69, 9.17) is 9.47 Å². The zero-order valence-corrected chi connectivity index (χ0v) is 19.1. The van der Waals surface area contributed by atoms with Crippen LogP contribution in [0.25, 0.3) is 11.1 Å². The van der Waals surface area contributed by atoms with Gasteiger partial charge in [0.05, 0.1) is 19.8 Å². The van der Waals surface area contributed by atoms with Crippen LogP contribution in [-0.2, 0) is 11.2 Å². The van der Waals surface area contributed by atoms with Gasteiger partial charge < -0.3 is 19.7 Å². The Balaban J connectivity index is 1.64. The fourth-order valence-electron chi connectivity index (χ4n) is 4.36. The summed E-state index contributed by atoms with van der Waals surface area (Å²) in [4.78, 5) is 28.0. The number of amides is 2. The van der Waals surface area contributed by atoms with E-state index in [0.29, 0.717) is 36.6 Å². The van der Waals surface area contributed by atoms with Gasteiger partial charge >= 0.3 is 0 Å². The van der Waals surface area contributed by atoms with Crippen LogP contribution in [0.1, 0.15) is 21.5 Å². The molecule has 4 rings (SSSR count). The Labute approximate surface area is 194 Å². The van der Waals surface area contributed by atoms with Gasteiger partial charge in [0.15, 0.2) is 11.5 Å². The van der Waals surface area contributed by atoms with Crippen LogP contribution in [-0.4, -0.2) is 50.1 Å². The van der Waals surface area contributed by atoms with Crippen molar-refractivity contribution in [3.8, 4) is 22.6 Å². The van der Waals surface area contributed by atoms with Crippen molar-refractivity contribution < 1.29 is 19.1 Å². The minimum atomic E-state index is -0.616. The molecule has 1 aliphatic rings. The Morgan fingerprint density at radius 1 is 1.03 bits per heavy atom. The van der Waals surface area contributed by atoms with Gasteiger partial charge in [-0.1, -0.05) is 54.6 Å². The maximum atomic E-state index is 13.5. The van der Waals surface area contributed by atoms with E-state index in [1.54, 1.807) is 23.1 Å². The maximum Gasteiger partial charge on any atom is 0.258 e. The molecule has 0 aliphatic carbocycles. The zero-order valence-electron chi connectivity index (χ0n) is 19.1. The first-order valence-electron chi connectivity index (χ1n) is 11.0. The lowest BCUT2D eigenvalue weighted by Crippen LogP contribution is -2.58. The molecule has 1 N–H and O–H groups in total. The molecule has 3 aromatic carbocycles. The van der Waals surface area contributed by atoms with Crippen LogP contribution in [0.15, 0.2) is 66.7 Å². The summed E-state index contributed by atoms with van der Waals surface area (Å²) in [6.07, 6.45) is 0.420. The minimum Gasteiger partial charge on any atom is -0.493 e. The third kappa shape index (κ3) is 4.55. The largest absolute Gasteiger partial charge is 0.493 e.